The Labute approximate surface area is 180 Å². The number of carbonyl (C=O) groups excluding carboxylic acids is 2. The summed E-state index contributed by atoms with van der Waals surface area (Å²) in [7, 11) is 1.62. The average Bonchev–Trinajstić information content (AvgIpc) is 2.75. The Morgan fingerprint density at radius 1 is 1.03 bits per heavy atom. The minimum Gasteiger partial charge on any atom is -0.497 e. The second kappa shape index (κ2) is 12.0. The third-order valence-electron chi connectivity index (χ3n) is 4.91. The number of nitrogens with zero attached hydrogens (tertiary/aromatic N) is 1. The first kappa shape index (κ1) is 23.5. The lowest BCUT2D eigenvalue weighted by atomic mass is 10.0. The summed E-state index contributed by atoms with van der Waals surface area (Å²) in [5, 5.41) is 3.03. The number of methoxy groups -OCH3 is 1. The second-order valence-corrected chi connectivity index (χ2v) is 7.97. The Hall–Kier alpha value is -2.82. The highest BCUT2D eigenvalue weighted by Crippen LogP contribution is 2.19. The maximum Gasteiger partial charge on any atom is 0.243 e. The molecule has 2 rings (SSSR count). The van der Waals surface area contributed by atoms with E-state index >= 15 is 0 Å². The first-order valence-corrected chi connectivity index (χ1v) is 10.7. The summed E-state index contributed by atoms with van der Waals surface area (Å²) in [6.07, 6.45) is 1.62. The third kappa shape index (κ3) is 7.21. The van der Waals surface area contributed by atoms with Gasteiger partial charge in [0, 0.05) is 25.9 Å². The molecule has 5 heteroatoms. The van der Waals surface area contributed by atoms with E-state index in [1.54, 1.807) is 12.0 Å². The maximum absolute atomic E-state index is 13.2. The van der Waals surface area contributed by atoms with Crippen molar-refractivity contribution in [2.45, 2.75) is 52.6 Å². The number of ether oxygens (including phenoxy) is 1. The molecule has 0 fully saturated rings. The Bertz CT molecular complexity index is 805. The Morgan fingerprint density at radius 3 is 2.37 bits per heavy atom. The molecule has 2 amide bonds. The van der Waals surface area contributed by atoms with E-state index in [2.05, 4.69) is 19.2 Å². The minimum atomic E-state index is -0.573. The molecular formula is C25H34N2O3. The number of carbonyl (C=O) groups is 2. The molecule has 0 saturated heterocycles. The topological polar surface area (TPSA) is 58.6 Å². The largest absolute Gasteiger partial charge is 0.497 e. The molecule has 0 aliphatic rings. The Morgan fingerprint density at radius 2 is 1.73 bits per heavy atom. The maximum atomic E-state index is 13.2. The molecule has 0 aliphatic heterocycles. The first-order chi connectivity index (χ1) is 14.4. The normalized spacial score (nSPS) is 11.8. The van der Waals surface area contributed by atoms with Gasteiger partial charge in [0.1, 0.15) is 11.8 Å². The van der Waals surface area contributed by atoms with Crippen LogP contribution in [0.15, 0.2) is 54.6 Å². The van der Waals surface area contributed by atoms with Crippen LogP contribution in [0.4, 0.5) is 0 Å². The lowest BCUT2D eigenvalue weighted by Gasteiger charge is -2.32. The van der Waals surface area contributed by atoms with Gasteiger partial charge < -0.3 is 15.0 Å². The van der Waals surface area contributed by atoms with Crippen molar-refractivity contribution >= 4 is 11.8 Å². The van der Waals surface area contributed by atoms with Gasteiger partial charge in [-0.1, -0.05) is 63.2 Å². The predicted octanol–water partition coefficient (Wildman–Crippen LogP) is 4.21. The first-order valence-electron chi connectivity index (χ1n) is 10.7. The highest BCUT2D eigenvalue weighted by atomic mass is 16.5. The zero-order valence-electron chi connectivity index (χ0n) is 18.6. The quantitative estimate of drug-likeness (QED) is 0.604. The van der Waals surface area contributed by atoms with Crippen molar-refractivity contribution in [1.29, 1.82) is 0 Å². The molecule has 0 heterocycles. The van der Waals surface area contributed by atoms with Gasteiger partial charge in [0.25, 0.3) is 0 Å². The van der Waals surface area contributed by atoms with Crippen LogP contribution in [0, 0.1) is 5.92 Å². The molecule has 162 valence electrons. The van der Waals surface area contributed by atoms with Gasteiger partial charge in [-0.3, -0.25) is 9.59 Å². The van der Waals surface area contributed by atoms with Crippen LogP contribution in [0.2, 0.25) is 0 Å². The van der Waals surface area contributed by atoms with Crippen LogP contribution < -0.4 is 10.1 Å². The van der Waals surface area contributed by atoms with Gasteiger partial charge in [-0.2, -0.15) is 0 Å². The van der Waals surface area contributed by atoms with Crippen molar-refractivity contribution < 1.29 is 14.3 Å². The van der Waals surface area contributed by atoms with E-state index in [0.29, 0.717) is 31.8 Å². The smallest absolute Gasteiger partial charge is 0.243 e. The van der Waals surface area contributed by atoms with Crippen LogP contribution in [0.25, 0.3) is 0 Å². The van der Waals surface area contributed by atoms with Crippen LogP contribution >= 0.6 is 0 Å². The second-order valence-electron chi connectivity index (χ2n) is 7.97. The monoisotopic (exact) mass is 410 g/mol. The summed E-state index contributed by atoms with van der Waals surface area (Å²) in [5.74, 6) is 0.949. The molecule has 1 N–H and O–H groups in total. The van der Waals surface area contributed by atoms with Gasteiger partial charge in [0.2, 0.25) is 11.8 Å². The van der Waals surface area contributed by atoms with Gasteiger partial charge in [-0.25, -0.2) is 0 Å². The summed E-state index contributed by atoms with van der Waals surface area (Å²) < 4.78 is 5.33. The van der Waals surface area contributed by atoms with Gasteiger partial charge in [0.05, 0.1) is 7.11 Å². The molecule has 2 aromatic carbocycles. The fraction of sp³-hybridized carbons (Fsp3) is 0.440. The molecule has 0 aromatic heterocycles. The van der Waals surface area contributed by atoms with Crippen LogP contribution in [-0.2, 0) is 22.6 Å². The highest BCUT2D eigenvalue weighted by Gasteiger charge is 2.30. The number of amides is 2. The Balaban J connectivity index is 2.35. The number of nitrogens with one attached hydrogen (secondary N) is 1. The van der Waals surface area contributed by atoms with Gasteiger partial charge in [-0.15, -0.1) is 0 Å². The van der Waals surface area contributed by atoms with Gasteiger partial charge in [-0.05, 0) is 35.6 Å². The van der Waals surface area contributed by atoms with Crippen molar-refractivity contribution in [2.24, 2.45) is 5.92 Å². The van der Waals surface area contributed by atoms with E-state index in [-0.39, 0.29) is 11.8 Å². The van der Waals surface area contributed by atoms with Crippen molar-refractivity contribution in [3.63, 3.8) is 0 Å². The van der Waals surface area contributed by atoms with Crippen LogP contribution in [-0.4, -0.2) is 36.4 Å². The zero-order valence-corrected chi connectivity index (χ0v) is 18.6. The molecule has 0 spiro atoms. The van der Waals surface area contributed by atoms with E-state index in [4.69, 9.17) is 4.74 Å². The van der Waals surface area contributed by atoms with E-state index in [1.807, 2.05) is 61.5 Å². The standard InChI is InChI=1S/C25H34N2O3/c1-5-10-24(28)27(18-21-13-9-14-22(15-21)30-4)23(25(29)26-17-19(2)3)16-20-11-7-6-8-12-20/h6-9,11-15,19,23H,5,10,16-18H2,1-4H3,(H,26,29)/t23-/m1/s1. The molecule has 0 bridgehead atoms. The lowest BCUT2D eigenvalue weighted by molar-refractivity contribution is -0.141. The van der Waals surface area contributed by atoms with Crippen molar-refractivity contribution in [2.75, 3.05) is 13.7 Å². The molecule has 0 aliphatic carbocycles. The van der Waals surface area contributed by atoms with E-state index in [9.17, 15) is 9.59 Å². The molecule has 30 heavy (non-hydrogen) atoms. The van der Waals surface area contributed by atoms with Crippen molar-refractivity contribution in [1.82, 2.24) is 10.2 Å². The van der Waals surface area contributed by atoms with Gasteiger partial charge in [0.15, 0.2) is 0 Å². The van der Waals surface area contributed by atoms with E-state index in [0.717, 1.165) is 23.3 Å². The van der Waals surface area contributed by atoms with Crippen molar-refractivity contribution in [3.8, 4) is 5.75 Å². The Kier molecular flexibility index (Phi) is 9.39. The average molecular weight is 411 g/mol. The predicted molar refractivity (Wildman–Crippen MR) is 120 cm³/mol. The SMILES string of the molecule is CCCC(=O)N(Cc1cccc(OC)c1)[C@H](Cc1ccccc1)C(=O)NCC(C)C. The molecular weight excluding hydrogens is 376 g/mol. The third-order valence-corrected chi connectivity index (χ3v) is 4.91. The minimum absolute atomic E-state index is 0.0130. The number of hydrogen-bond acceptors (Lipinski definition) is 3. The molecule has 2 aromatic rings. The molecule has 5 nitrogen and oxygen atoms in total. The summed E-state index contributed by atoms with van der Waals surface area (Å²) in [5.41, 5.74) is 1.97. The molecule has 1 atom stereocenters. The summed E-state index contributed by atoms with van der Waals surface area (Å²) in [4.78, 5) is 28.0. The van der Waals surface area contributed by atoms with E-state index in [1.165, 1.54) is 0 Å². The van der Waals surface area contributed by atoms with Crippen molar-refractivity contribution in [3.05, 3.63) is 65.7 Å². The number of benzene rings is 2. The van der Waals surface area contributed by atoms with Crippen LogP contribution in [0.1, 0.15) is 44.7 Å². The van der Waals surface area contributed by atoms with Crippen LogP contribution in [0.3, 0.4) is 0 Å². The highest BCUT2D eigenvalue weighted by molar-refractivity contribution is 5.88. The summed E-state index contributed by atoms with van der Waals surface area (Å²) >= 11 is 0. The summed E-state index contributed by atoms with van der Waals surface area (Å²) in [6.45, 7) is 7.04. The lowest BCUT2D eigenvalue weighted by Crippen LogP contribution is -2.51. The van der Waals surface area contributed by atoms with E-state index < -0.39 is 6.04 Å². The molecule has 0 unspecified atom stereocenters. The number of rotatable bonds is 11. The molecule has 0 radical (unpaired) electrons. The van der Waals surface area contributed by atoms with Gasteiger partial charge >= 0.3 is 0 Å². The zero-order chi connectivity index (χ0) is 21.9. The van der Waals surface area contributed by atoms with Crippen LogP contribution in [0.5, 0.6) is 5.75 Å². The fourth-order valence-electron chi connectivity index (χ4n) is 3.30. The fourth-order valence-corrected chi connectivity index (χ4v) is 3.30. The number of hydrogen-bond donors (Lipinski definition) is 1. The molecule has 0 saturated carbocycles. The summed E-state index contributed by atoms with van der Waals surface area (Å²) in [6, 6.07) is 16.9.